The van der Waals surface area contributed by atoms with Gasteiger partial charge in [-0.2, -0.15) is 0 Å². The zero-order chi connectivity index (χ0) is 26.6. The van der Waals surface area contributed by atoms with Gasteiger partial charge >= 0.3 is 6.09 Å². The standard InChI is InChI=1S/C29H33N3O5/c1-3-36-26(10-6-7-11-27(34)32-25-9-5-4-8-24(25)30)28(21-14-18-23(33)19-15-21)37-29(35)31-22-16-12-20(2)13-17-22/h4-5,7-9,11-19,26,28,33H,3,6,10,30H2,1-2H3,(H,31,35)(H,32,34)/b11-7+/t26-,28-/m1/s1. The van der Waals surface area contributed by atoms with Gasteiger partial charge in [0.15, 0.2) is 6.10 Å². The molecule has 2 atom stereocenters. The van der Waals surface area contributed by atoms with Gasteiger partial charge in [0, 0.05) is 12.3 Å². The Balaban J connectivity index is 1.68. The smallest absolute Gasteiger partial charge is 0.412 e. The summed E-state index contributed by atoms with van der Waals surface area (Å²) in [5, 5.41) is 15.2. The van der Waals surface area contributed by atoms with E-state index in [1.807, 2.05) is 26.0 Å². The zero-order valence-electron chi connectivity index (χ0n) is 21.0. The van der Waals surface area contributed by atoms with Crippen LogP contribution in [0, 0.1) is 6.92 Å². The third-order valence-corrected chi connectivity index (χ3v) is 5.58. The second-order valence-electron chi connectivity index (χ2n) is 8.46. The first-order chi connectivity index (χ1) is 17.9. The molecule has 0 aliphatic rings. The van der Waals surface area contributed by atoms with Crippen LogP contribution in [-0.4, -0.2) is 29.8 Å². The molecule has 0 aliphatic heterocycles. The van der Waals surface area contributed by atoms with Gasteiger partial charge in [0.05, 0.1) is 17.5 Å². The van der Waals surface area contributed by atoms with Crippen LogP contribution in [0.5, 0.6) is 5.75 Å². The lowest BCUT2D eigenvalue weighted by molar-refractivity contribution is -0.111. The molecule has 2 amide bonds. The van der Waals surface area contributed by atoms with Crippen LogP contribution in [0.25, 0.3) is 0 Å². The van der Waals surface area contributed by atoms with Crippen LogP contribution in [0.2, 0.25) is 0 Å². The number of phenols is 1. The SMILES string of the molecule is CCO[C@H](CC/C=C/C(=O)Nc1ccccc1N)[C@H](OC(=O)Nc1ccc(C)cc1)c1ccc(O)cc1. The highest BCUT2D eigenvalue weighted by atomic mass is 16.6. The van der Waals surface area contributed by atoms with E-state index in [9.17, 15) is 14.7 Å². The first kappa shape index (κ1) is 27.3. The molecule has 0 aliphatic carbocycles. The molecule has 0 fully saturated rings. The fraction of sp³-hybridized carbons (Fsp3) is 0.241. The van der Waals surface area contributed by atoms with E-state index in [1.165, 1.54) is 18.2 Å². The number of nitrogens with one attached hydrogen (secondary N) is 2. The number of phenolic OH excluding ortho intramolecular Hbond substituents is 1. The molecule has 3 aromatic rings. The molecule has 8 heteroatoms. The maximum Gasteiger partial charge on any atom is 0.412 e. The molecule has 0 unspecified atom stereocenters. The van der Waals surface area contributed by atoms with Gasteiger partial charge in [0.25, 0.3) is 0 Å². The number of amides is 2. The quantitative estimate of drug-likeness (QED) is 0.189. The van der Waals surface area contributed by atoms with Crippen LogP contribution in [0.15, 0.2) is 84.9 Å². The molecule has 194 valence electrons. The molecule has 0 saturated carbocycles. The largest absolute Gasteiger partial charge is 0.508 e. The van der Waals surface area contributed by atoms with E-state index in [0.29, 0.717) is 42.1 Å². The Kier molecular flexibility index (Phi) is 10.1. The second-order valence-corrected chi connectivity index (χ2v) is 8.46. The van der Waals surface area contributed by atoms with Crippen LogP contribution in [0.4, 0.5) is 21.9 Å². The van der Waals surface area contributed by atoms with E-state index >= 15 is 0 Å². The van der Waals surface area contributed by atoms with E-state index < -0.39 is 18.3 Å². The Morgan fingerprint density at radius 3 is 2.38 bits per heavy atom. The number of hydrogen-bond acceptors (Lipinski definition) is 6. The van der Waals surface area contributed by atoms with Crippen LogP contribution in [-0.2, 0) is 14.3 Å². The van der Waals surface area contributed by atoms with Crippen molar-refractivity contribution in [3.05, 3.63) is 96.1 Å². The number of rotatable bonds is 11. The third-order valence-electron chi connectivity index (χ3n) is 5.58. The number of carbonyl (C=O) groups excluding carboxylic acids is 2. The summed E-state index contributed by atoms with van der Waals surface area (Å²) in [6.07, 6.45) is 2.31. The normalized spacial score (nSPS) is 12.6. The summed E-state index contributed by atoms with van der Waals surface area (Å²) in [4.78, 5) is 25.0. The van der Waals surface area contributed by atoms with Crippen LogP contribution in [0.1, 0.15) is 37.0 Å². The fourth-order valence-corrected chi connectivity index (χ4v) is 3.69. The topological polar surface area (TPSA) is 123 Å². The van der Waals surface area contributed by atoms with Gasteiger partial charge in [-0.05, 0) is 74.7 Å². The average molecular weight is 504 g/mol. The summed E-state index contributed by atoms with van der Waals surface area (Å²) in [6.45, 7) is 4.23. The summed E-state index contributed by atoms with van der Waals surface area (Å²) < 4.78 is 11.8. The van der Waals surface area contributed by atoms with Crippen molar-refractivity contribution in [3.63, 3.8) is 0 Å². The summed E-state index contributed by atoms with van der Waals surface area (Å²) in [5.74, 6) is -0.192. The summed E-state index contributed by atoms with van der Waals surface area (Å²) in [6, 6.07) is 20.9. The van der Waals surface area contributed by atoms with Gasteiger partial charge in [-0.1, -0.05) is 48.0 Å². The molecule has 3 rings (SSSR count). The first-order valence-electron chi connectivity index (χ1n) is 12.1. The van der Waals surface area contributed by atoms with Crippen molar-refractivity contribution in [2.45, 2.75) is 38.9 Å². The average Bonchev–Trinajstić information content (AvgIpc) is 2.88. The maximum absolute atomic E-state index is 12.8. The number of hydrogen-bond donors (Lipinski definition) is 4. The van der Waals surface area contributed by atoms with Gasteiger partial charge < -0.3 is 25.6 Å². The lowest BCUT2D eigenvalue weighted by Crippen LogP contribution is -2.29. The number of anilines is 3. The Morgan fingerprint density at radius 1 is 1.00 bits per heavy atom. The van der Waals surface area contributed by atoms with E-state index in [2.05, 4.69) is 10.6 Å². The first-order valence-corrected chi connectivity index (χ1v) is 12.1. The number of allylic oxidation sites excluding steroid dienone is 1. The van der Waals surface area contributed by atoms with Gasteiger partial charge in [0.2, 0.25) is 5.91 Å². The number of aromatic hydroxyl groups is 1. The summed E-state index contributed by atoms with van der Waals surface area (Å²) >= 11 is 0. The number of carbonyl (C=O) groups is 2. The fourth-order valence-electron chi connectivity index (χ4n) is 3.69. The zero-order valence-corrected chi connectivity index (χ0v) is 21.0. The Hall–Kier alpha value is -4.30. The van der Waals surface area contributed by atoms with Crippen molar-refractivity contribution in [1.29, 1.82) is 0 Å². The number of benzene rings is 3. The lowest BCUT2D eigenvalue weighted by Gasteiger charge is -2.27. The molecule has 0 radical (unpaired) electrons. The van der Waals surface area contributed by atoms with Crippen LogP contribution >= 0.6 is 0 Å². The molecule has 0 heterocycles. The highest BCUT2D eigenvalue weighted by Crippen LogP contribution is 2.29. The van der Waals surface area contributed by atoms with E-state index in [1.54, 1.807) is 54.6 Å². The predicted octanol–water partition coefficient (Wildman–Crippen LogP) is 5.95. The molecule has 3 aromatic carbocycles. The van der Waals surface area contributed by atoms with Crippen molar-refractivity contribution in [2.24, 2.45) is 0 Å². The Bertz CT molecular complexity index is 1190. The van der Waals surface area contributed by atoms with Crippen molar-refractivity contribution in [2.75, 3.05) is 23.0 Å². The van der Waals surface area contributed by atoms with Crippen molar-refractivity contribution < 1.29 is 24.2 Å². The van der Waals surface area contributed by atoms with Crippen molar-refractivity contribution in [3.8, 4) is 5.75 Å². The Morgan fingerprint density at radius 2 is 1.70 bits per heavy atom. The molecule has 0 saturated heterocycles. The summed E-state index contributed by atoms with van der Waals surface area (Å²) in [7, 11) is 0. The van der Waals surface area contributed by atoms with Crippen molar-refractivity contribution in [1.82, 2.24) is 0 Å². The highest BCUT2D eigenvalue weighted by molar-refractivity contribution is 6.01. The van der Waals surface area contributed by atoms with Crippen LogP contribution in [0.3, 0.4) is 0 Å². The molecule has 0 aromatic heterocycles. The summed E-state index contributed by atoms with van der Waals surface area (Å²) in [5.41, 5.74) is 9.27. The number of ether oxygens (including phenoxy) is 2. The molecule has 0 spiro atoms. The van der Waals surface area contributed by atoms with Gasteiger partial charge in [-0.15, -0.1) is 0 Å². The molecule has 0 bridgehead atoms. The number of nitrogens with two attached hydrogens (primary N) is 1. The van der Waals surface area contributed by atoms with Gasteiger partial charge in [-0.25, -0.2) is 4.79 Å². The van der Waals surface area contributed by atoms with E-state index in [0.717, 1.165) is 5.56 Å². The molecule has 8 nitrogen and oxygen atoms in total. The van der Waals surface area contributed by atoms with E-state index in [-0.39, 0.29) is 11.7 Å². The second kappa shape index (κ2) is 13.7. The van der Waals surface area contributed by atoms with Crippen LogP contribution < -0.4 is 16.4 Å². The molecule has 37 heavy (non-hydrogen) atoms. The van der Waals surface area contributed by atoms with Crippen molar-refractivity contribution >= 4 is 29.1 Å². The monoisotopic (exact) mass is 503 g/mol. The number of nitrogen functional groups attached to an aromatic ring is 1. The van der Waals surface area contributed by atoms with Gasteiger partial charge in [-0.3, -0.25) is 10.1 Å². The van der Waals surface area contributed by atoms with E-state index in [4.69, 9.17) is 15.2 Å². The maximum atomic E-state index is 12.8. The molecular weight excluding hydrogens is 470 g/mol. The predicted molar refractivity (Wildman–Crippen MR) is 145 cm³/mol. The minimum Gasteiger partial charge on any atom is -0.508 e. The third kappa shape index (κ3) is 8.70. The molecule has 5 N–H and O–H groups in total. The minimum atomic E-state index is -0.739. The highest BCUT2D eigenvalue weighted by Gasteiger charge is 2.27. The molecular formula is C29H33N3O5. The number of aryl methyl sites for hydroxylation is 1. The Labute approximate surface area is 217 Å². The number of para-hydroxylation sites is 2. The van der Waals surface area contributed by atoms with Gasteiger partial charge in [0.1, 0.15) is 5.75 Å². The lowest BCUT2D eigenvalue weighted by atomic mass is 10.00. The minimum absolute atomic E-state index is 0.104.